The van der Waals surface area contributed by atoms with Crippen LogP contribution in [0.15, 0.2) is 41.8 Å². The molecule has 0 atom stereocenters. The van der Waals surface area contributed by atoms with Crippen LogP contribution in [-0.4, -0.2) is 91.4 Å². The molecular weight excluding hydrogens is 416 g/mol. The van der Waals surface area contributed by atoms with Gasteiger partial charge in [-0.25, -0.2) is 0 Å². The Hall–Kier alpha value is -2.75. The molecule has 0 saturated carbocycles. The second-order valence-corrected chi connectivity index (χ2v) is 8.49. The fourth-order valence-electron chi connectivity index (χ4n) is 3.75. The van der Waals surface area contributed by atoms with Gasteiger partial charge in [0.05, 0.1) is 35.9 Å². The van der Waals surface area contributed by atoms with E-state index >= 15 is 0 Å². The summed E-state index contributed by atoms with van der Waals surface area (Å²) in [6.07, 6.45) is 0. The van der Waals surface area contributed by atoms with Crippen molar-refractivity contribution in [3.05, 3.63) is 52.2 Å². The molecule has 3 amide bonds. The van der Waals surface area contributed by atoms with Crippen LogP contribution in [0.25, 0.3) is 0 Å². The third-order valence-corrected chi connectivity index (χ3v) is 6.40. The molecule has 4 rings (SSSR count). The van der Waals surface area contributed by atoms with Crippen LogP contribution in [0.4, 0.5) is 5.69 Å². The highest BCUT2D eigenvalue weighted by atomic mass is 32.1. The summed E-state index contributed by atoms with van der Waals surface area (Å²) in [5.41, 5.74) is 0.956. The zero-order valence-corrected chi connectivity index (χ0v) is 18.1. The van der Waals surface area contributed by atoms with Gasteiger partial charge in [-0.1, -0.05) is 18.2 Å². The number of morpholine rings is 1. The fraction of sp³-hybridized carbons (Fsp3) is 0.409. The van der Waals surface area contributed by atoms with Gasteiger partial charge >= 0.3 is 0 Å². The molecule has 9 heteroatoms. The van der Waals surface area contributed by atoms with Crippen LogP contribution in [0.5, 0.6) is 0 Å². The van der Waals surface area contributed by atoms with E-state index in [1.807, 2.05) is 16.3 Å². The summed E-state index contributed by atoms with van der Waals surface area (Å²) >= 11 is 1.35. The summed E-state index contributed by atoms with van der Waals surface area (Å²) in [5.74, 6) is -0.270. The first-order valence-corrected chi connectivity index (χ1v) is 11.3. The minimum atomic E-state index is -0.228. The number of benzene rings is 1. The average molecular weight is 443 g/mol. The number of piperazine rings is 1. The number of rotatable bonds is 5. The Labute approximate surface area is 185 Å². The average Bonchev–Trinajstić information content (AvgIpc) is 3.35. The summed E-state index contributed by atoms with van der Waals surface area (Å²) in [4.78, 5) is 44.4. The van der Waals surface area contributed by atoms with Gasteiger partial charge in [-0.2, -0.15) is 0 Å². The molecular formula is C22H26N4O4S. The molecule has 0 spiro atoms. The molecule has 1 aromatic heterocycles. The molecule has 0 radical (unpaired) electrons. The molecule has 2 fully saturated rings. The summed E-state index contributed by atoms with van der Waals surface area (Å²) in [6, 6.07) is 10.6. The normalized spacial score (nSPS) is 17.4. The van der Waals surface area contributed by atoms with Crippen molar-refractivity contribution in [1.29, 1.82) is 0 Å². The molecule has 0 aliphatic carbocycles. The topological polar surface area (TPSA) is 82.2 Å². The molecule has 3 heterocycles. The predicted molar refractivity (Wildman–Crippen MR) is 118 cm³/mol. The van der Waals surface area contributed by atoms with E-state index in [0.29, 0.717) is 62.1 Å². The number of hydrogen-bond acceptors (Lipinski definition) is 6. The molecule has 1 N–H and O–H groups in total. The minimum absolute atomic E-state index is 0.0950. The van der Waals surface area contributed by atoms with Gasteiger partial charge in [0.2, 0.25) is 5.91 Å². The maximum atomic E-state index is 13.1. The van der Waals surface area contributed by atoms with Gasteiger partial charge in [0.15, 0.2) is 0 Å². The Morgan fingerprint density at radius 1 is 0.903 bits per heavy atom. The fourth-order valence-corrected chi connectivity index (χ4v) is 4.37. The Morgan fingerprint density at radius 2 is 1.61 bits per heavy atom. The monoisotopic (exact) mass is 442 g/mol. The van der Waals surface area contributed by atoms with Crippen molar-refractivity contribution >= 4 is 34.7 Å². The van der Waals surface area contributed by atoms with Crippen molar-refractivity contribution in [2.24, 2.45) is 0 Å². The van der Waals surface area contributed by atoms with Crippen molar-refractivity contribution in [2.75, 3.05) is 64.3 Å². The van der Waals surface area contributed by atoms with Gasteiger partial charge in [-0.3, -0.25) is 19.3 Å². The van der Waals surface area contributed by atoms with Crippen molar-refractivity contribution in [3.8, 4) is 0 Å². The third-order valence-electron chi connectivity index (χ3n) is 5.53. The van der Waals surface area contributed by atoms with Gasteiger partial charge in [0, 0.05) is 39.3 Å². The van der Waals surface area contributed by atoms with E-state index in [1.54, 1.807) is 35.2 Å². The summed E-state index contributed by atoms with van der Waals surface area (Å²) < 4.78 is 5.33. The lowest BCUT2D eigenvalue weighted by atomic mass is 10.1. The molecule has 2 aliphatic heterocycles. The first-order valence-electron chi connectivity index (χ1n) is 10.4. The number of amides is 3. The second kappa shape index (κ2) is 10.0. The summed E-state index contributed by atoms with van der Waals surface area (Å²) in [5, 5.41) is 4.69. The van der Waals surface area contributed by atoms with Gasteiger partial charge in [0.1, 0.15) is 0 Å². The number of ether oxygens (including phenoxy) is 1. The van der Waals surface area contributed by atoms with E-state index in [4.69, 9.17) is 4.74 Å². The van der Waals surface area contributed by atoms with Gasteiger partial charge in [-0.15, -0.1) is 11.3 Å². The minimum Gasteiger partial charge on any atom is -0.379 e. The molecule has 1 aromatic carbocycles. The van der Waals surface area contributed by atoms with Crippen LogP contribution in [0.2, 0.25) is 0 Å². The quantitative estimate of drug-likeness (QED) is 0.761. The van der Waals surface area contributed by atoms with Crippen LogP contribution in [0, 0.1) is 0 Å². The smallest absolute Gasteiger partial charge is 0.265 e. The lowest BCUT2D eigenvalue weighted by Gasteiger charge is -2.36. The number of nitrogens with zero attached hydrogens (tertiary/aromatic N) is 3. The number of nitrogens with one attached hydrogen (secondary N) is 1. The maximum absolute atomic E-state index is 13.1. The van der Waals surface area contributed by atoms with Crippen LogP contribution >= 0.6 is 11.3 Å². The first kappa shape index (κ1) is 21.5. The van der Waals surface area contributed by atoms with Crippen LogP contribution in [0.1, 0.15) is 20.0 Å². The molecule has 31 heavy (non-hydrogen) atoms. The first-order chi connectivity index (χ1) is 15.1. The maximum Gasteiger partial charge on any atom is 0.265 e. The standard InChI is InChI=1S/C22H26N4O4S/c27-20(16-24-11-13-30-14-12-24)25-7-9-26(10-8-25)22(29)17-4-1-2-5-18(17)23-21(28)19-6-3-15-31-19/h1-6,15H,7-14,16H2,(H,23,28). The predicted octanol–water partition coefficient (Wildman–Crippen LogP) is 1.62. The molecule has 2 aliphatic rings. The van der Waals surface area contributed by atoms with Gasteiger partial charge < -0.3 is 19.9 Å². The van der Waals surface area contributed by atoms with E-state index in [-0.39, 0.29) is 17.7 Å². The SMILES string of the molecule is O=C(Nc1ccccc1C(=O)N1CCN(C(=O)CN2CCOCC2)CC1)c1cccs1. The lowest BCUT2D eigenvalue weighted by molar-refractivity contribution is -0.134. The van der Waals surface area contributed by atoms with Gasteiger partial charge in [-0.05, 0) is 23.6 Å². The Kier molecular flexibility index (Phi) is 6.96. The number of carbonyl (C=O) groups is 3. The van der Waals surface area contributed by atoms with Crippen LogP contribution < -0.4 is 5.32 Å². The number of thiophene rings is 1. The summed E-state index contributed by atoms with van der Waals surface area (Å²) in [6.45, 7) is 5.25. The van der Waals surface area contributed by atoms with Crippen molar-refractivity contribution < 1.29 is 19.1 Å². The largest absolute Gasteiger partial charge is 0.379 e. The van der Waals surface area contributed by atoms with E-state index in [0.717, 1.165) is 13.1 Å². The number of carbonyl (C=O) groups excluding carboxylic acids is 3. The van der Waals surface area contributed by atoms with Crippen LogP contribution in [-0.2, 0) is 9.53 Å². The zero-order chi connectivity index (χ0) is 21.6. The van der Waals surface area contributed by atoms with E-state index in [9.17, 15) is 14.4 Å². The van der Waals surface area contributed by atoms with Crippen LogP contribution in [0.3, 0.4) is 0 Å². The summed E-state index contributed by atoms with van der Waals surface area (Å²) in [7, 11) is 0. The molecule has 0 bridgehead atoms. The number of hydrogen-bond donors (Lipinski definition) is 1. The second-order valence-electron chi connectivity index (χ2n) is 7.54. The number of anilines is 1. The molecule has 164 valence electrons. The number of para-hydroxylation sites is 1. The lowest BCUT2D eigenvalue weighted by Crippen LogP contribution is -2.53. The molecule has 8 nitrogen and oxygen atoms in total. The van der Waals surface area contributed by atoms with Crippen molar-refractivity contribution in [3.63, 3.8) is 0 Å². The Morgan fingerprint density at radius 3 is 2.32 bits per heavy atom. The van der Waals surface area contributed by atoms with Crippen molar-refractivity contribution in [2.45, 2.75) is 0 Å². The molecule has 0 unspecified atom stereocenters. The Balaban J connectivity index is 1.34. The van der Waals surface area contributed by atoms with E-state index in [1.165, 1.54) is 11.3 Å². The molecule has 2 saturated heterocycles. The van der Waals surface area contributed by atoms with E-state index in [2.05, 4.69) is 10.2 Å². The van der Waals surface area contributed by atoms with Gasteiger partial charge in [0.25, 0.3) is 11.8 Å². The van der Waals surface area contributed by atoms with Crippen molar-refractivity contribution in [1.82, 2.24) is 14.7 Å². The zero-order valence-electron chi connectivity index (χ0n) is 17.3. The highest BCUT2D eigenvalue weighted by Gasteiger charge is 2.27. The Bertz CT molecular complexity index is 919. The molecule has 2 aromatic rings. The highest BCUT2D eigenvalue weighted by molar-refractivity contribution is 7.12. The van der Waals surface area contributed by atoms with E-state index < -0.39 is 0 Å². The third kappa shape index (κ3) is 5.30. The highest BCUT2D eigenvalue weighted by Crippen LogP contribution is 2.20.